The molecule has 2 nitrogen and oxygen atoms in total. The molecule has 0 radical (unpaired) electrons. The van der Waals surface area contributed by atoms with Crippen LogP contribution in [0.1, 0.15) is 0 Å². The second kappa shape index (κ2) is 7.65. The Kier molecular flexibility index (Phi) is 7.65. The highest BCUT2D eigenvalue weighted by Gasteiger charge is 1.94. The summed E-state index contributed by atoms with van der Waals surface area (Å²) in [4.78, 5) is 2.20. The molecule has 0 amide bonds. The Hall–Kier alpha value is 0.01000. The number of nitrogens with zero attached hydrogens (tertiary/aromatic N) is 1. The van der Waals surface area contributed by atoms with Crippen LogP contribution in [0, 0.1) is 0 Å². The molecule has 0 aromatic rings. The van der Waals surface area contributed by atoms with Gasteiger partial charge in [-0.05, 0) is 21.1 Å². The second-order valence-electron chi connectivity index (χ2n) is 3.14. The predicted molar refractivity (Wildman–Crippen MR) is 58.9 cm³/mol. The Morgan fingerprint density at radius 2 is 2.17 bits per heavy atom. The van der Waals surface area contributed by atoms with E-state index in [1.807, 2.05) is 18.8 Å². The minimum absolute atomic E-state index is 0.939. The van der Waals surface area contributed by atoms with Gasteiger partial charge in [0.25, 0.3) is 0 Å². The van der Waals surface area contributed by atoms with Gasteiger partial charge >= 0.3 is 0 Å². The lowest BCUT2D eigenvalue weighted by Crippen LogP contribution is -2.16. The van der Waals surface area contributed by atoms with Gasteiger partial charge in [-0.2, -0.15) is 11.8 Å². The molecule has 1 N–H and O–H groups in total. The summed E-state index contributed by atoms with van der Waals surface area (Å²) in [6, 6.07) is 0. The van der Waals surface area contributed by atoms with E-state index < -0.39 is 0 Å². The molecule has 0 aliphatic heterocycles. The van der Waals surface area contributed by atoms with Gasteiger partial charge in [-0.3, -0.25) is 0 Å². The smallest absolute Gasteiger partial charge is 0.0167 e. The third-order valence-electron chi connectivity index (χ3n) is 1.42. The summed E-state index contributed by atoms with van der Waals surface area (Å²) < 4.78 is 0. The molecule has 0 aromatic heterocycles. The fourth-order valence-electron chi connectivity index (χ4n) is 0.765. The molecule has 12 heavy (non-hydrogen) atoms. The van der Waals surface area contributed by atoms with Crippen LogP contribution in [0.3, 0.4) is 0 Å². The number of likely N-dealkylation sites (N-methyl/N-ethyl adjacent to an activating group) is 1. The zero-order chi connectivity index (χ0) is 9.40. The van der Waals surface area contributed by atoms with Crippen LogP contribution < -0.4 is 5.32 Å². The molecule has 0 saturated carbocycles. The van der Waals surface area contributed by atoms with Crippen molar-refractivity contribution >= 4 is 11.8 Å². The molecule has 0 unspecified atom stereocenters. The topological polar surface area (TPSA) is 15.3 Å². The molecule has 0 aliphatic rings. The monoisotopic (exact) mass is 188 g/mol. The molecule has 0 bridgehead atoms. The van der Waals surface area contributed by atoms with E-state index >= 15 is 0 Å². The van der Waals surface area contributed by atoms with Crippen molar-refractivity contribution in [1.82, 2.24) is 10.2 Å². The maximum absolute atomic E-state index is 3.96. The first-order valence-corrected chi connectivity index (χ1v) is 5.36. The standard InChI is InChI=1S/C9H20N2S/c1-9(7-10-2)8-12-6-5-11(3)4/h10H,1,5-8H2,2-4H3. The average molecular weight is 188 g/mol. The quantitative estimate of drug-likeness (QED) is 0.475. The molecule has 0 fully saturated rings. The average Bonchev–Trinajstić information content (AvgIpc) is 1.98. The highest BCUT2D eigenvalue weighted by atomic mass is 32.2. The second-order valence-corrected chi connectivity index (χ2v) is 4.24. The van der Waals surface area contributed by atoms with Gasteiger partial charge in [-0.15, -0.1) is 0 Å². The van der Waals surface area contributed by atoms with Gasteiger partial charge in [0.1, 0.15) is 0 Å². The van der Waals surface area contributed by atoms with Crippen molar-refractivity contribution in [3.63, 3.8) is 0 Å². The van der Waals surface area contributed by atoms with Crippen molar-refractivity contribution < 1.29 is 0 Å². The molecular formula is C9H20N2S. The van der Waals surface area contributed by atoms with Crippen molar-refractivity contribution in [3.05, 3.63) is 12.2 Å². The lowest BCUT2D eigenvalue weighted by atomic mass is 10.3. The van der Waals surface area contributed by atoms with E-state index in [0.29, 0.717) is 0 Å². The fourth-order valence-corrected chi connectivity index (χ4v) is 1.79. The number of hydrogen-bond acceptors (Lipinski definition) is 3. The molecule has 3 heteroatoms. The van der Waals surface area contributed by atoms with Crippen LogP contribution in [0.5, 0.6) is 0 Å². The summed E-state index contributed by atoms with van der Waals surface area (Å²) in [5.74, 6) is 2.27. The van der Waals surface area contributed by atoms with Crippen LogP contribution in [0.15, 0.2) is 12.2 Å². The molecule has 0 spiro atoms. The SMILES string of the molecule is C=C(CNC)CSCCN(C)C. The maximum atomic E-state index is 3.96. The summed E-state index contributed by atoms with van der Waals surface area (Å²) in [5.41, 5.74) is 1.28. The van der Waals surface area contributed by atoms with E-state index in [-0.39, 0.29) is 0 Å². The first-order chi connectivity index (χ1) is 5.66. The zero-order valence-corrected chi connectivity index (χ0v) is 9.21. The Balaban J connectivity index is 3.14. The van der Waals surface area contributed by atoms with Crippen LogP contribution >= 0.6 is 11.8 Å². The van der Waals surface area contributed by atoms with Gasteiger partial charge in [0, 0.05) is 24.6 Å². The van der Waals surface area contributed by atoms with Gasteiger partial charge < -0.3 is 10.2 Å². The van der Waals surface area contributed by atoms with Gasteiger partial charge in [0.2, 0.25) is 0 Å². The predicted octanol–water partition coefficient (Wildman–Crippen LogP) is 1.06. The molecular weight excluding hydrogens is 168 g/mol. The number of thioether (sulfide) groups is 1. The van der Waals surface area contributed by atoms with E-state index in [9.17, 15) is 0 Å². The Morgan fingerprint density at radius 1 is 1.50 bits per heavy atom. The third kappa shape index (κ3) is 8.11. The van der Waals surface area contributed by atoms with Crippen molar-refractivity contribution in [2.75, 3.05) is 45.7 Å². The first-order valence-electron chi connectivity index (χ1n) is 4.20. The van der Waals surface area contributed by atoms with E-state index in [2.05, 4.69) is 30.9 Å². The zero-order valence-electron chi connectivity index (χ0n) is 8.39. The summed E-state index contributed by atoms with van der Waals surface area (Å²) >= 11 is 1.95. The normalized spacial score (nSPS) is 10.7. The minimum Gasteiger partial charge on any atom is -0.316 e. The van der Waals surface area contributed by atoms with Crippen molar-refractivity contribution in [2.45, 2.75) is 0 Å². The molecule has 0 heterocycles. The van der Waals surface area contributed by atoms with Crippen molar-refractivity contribution in [2.24, 2.45) is 0 Å². The van der Waals surface area contributed by atoms with Gasteiger partial charge in [-0.25, -0.2) is 0 Å². The lowest BCUT2D eigenvalue weighted by molar-refractivity contribution is 0.437. The third-order valence-corrected chi connectivity index (χ3v) is 2.50. The Bertz CT molecular complexity index is 124. The van der Waals surface area contributed by atoms with E-state index in [1.54, 1.807) is 0 Å². The Labute approximate surface area is 80.4 Å². The van der Waals surface area contributed by atoms with Crippen LogP contribution in [0.25, 0.3) is 0 Å². The summed E-state index contributed by atoms with van der Waals surface area (Å²) in [6.45, 7) is 6.05. The van der Waals surface area contributed by atoms with Crippen LogP contribution in [-0.4, -0.2) is 50.6 Å². The molecule has 0 aliphatic carbocycles. The minimum atomic E-state index is 0.939. The molecule has 0 rings (SSSR count). The highest BCUT2D eigenvalue weighted by molar-refractivity contribution is 7.99. The van der Waals surface area contributed by atoms with E-state index in [1.165, 1.54) is 11.3 Å². The summed E-state index contributed by atoms with van der Waals surface area (Å²) in [6.07, 6.45) is 0. The molecule has 72 valence electrons. The largest absolute Gasteiger partial charge is 0.316 e. The van der Waals surface area contributed by atoms with Gasteiger partial charge in [0.15, 0.2) is 0 Å². The maximum Gasteiger partial charge on any atom is 0.0167 e. The lowest BCUT2D eigenvalue weighted by Gasteiger charge is -2.09. The van der Waals surface area contributed by atoms with Gasteiger partial charge in [-0.1, -0.05) is 12.2 Å². The molecule has 0 atom stereocenters. The summed E-state index contributed by atoms with van der Waals surface area (Å²) in [5, 5.41) is 3.09. The highest BCUT2D eigenvalue weighted by Crippen LogP contribution is 2.04. The van der Waals surface area contributed by atoms with Crippen LogP contribution in [-0.2, 0) is 0 Å². The van der Waals surface area contributed by atoms with Crippen LogP contribution in [0.4, 0.5) is 0 Å². The first kappa shape index (κ1) is 12.0. The van der Waals surface area contributed by atoms with E-state index in [0.717, 1.165) is 18.8 Å². The fraction of sp³-hybridized carbons (Fsp3) is 0.778. The van der Waals surface area contributed by atoms with Gasteiger partial charge in [0.05, 0.1) is 0 Å². The van der Waals surface area contributed by atoms with E-state index in [4.69, 9.17) is 0 Å². The van der Waals surface area contributed by atoms with Crippen molar-refractivity contribution in [1.29, 1.82) is 0 Å². The Morgan fingerprint density at radius 3 is 2.67 bits per heavy atom. The number of nitrogens with one attached hydrogen (secondary N) is 1. The van der Waals surface area contributed by atoms with Crippen molar-refractivity contribution in [3.8, 4) is 0 Å². The molecule has 0 aromatic carbocycles. The number of rotatable bonds is 7. The summed E-state index contributed by atoms with van der Waals surface area (Å²) in [7, 11) is 6.15. The van der Waals surface area contributed by atoms with Crippen LogP contribution in [0.2, 0.25) is 0 Å². The number of hydrogen-bond donors (Lipinski definition) is 1. The molecule has 0 saturated heterocycles.